The Morgan fingerprint density at radius 3 is 2.30 bits per heavy atom. The Kier molecular flexibility index (Phi) is 4.13. The zero-order valence-electron chi connectivity index (χ0n) is 12.5. The van der Waals surface area contributed by atoms with Crippen LogP contribution in [0.25, 0.3) is 11.1 Å². The molecule has 1 heterocycles. The summed E-state index contributed by atoms with van der Waals surface area (Å²) in [6.45, 7) is 1.80. The number of ketones is 1. The van der Waals surface area contributed by atoms with Gasteiger partial charge >= 0.3 is 0 Å². The topological polar surface area (TPSA) is 49.9 Å². The lowest BCUT2D eigenvalue weighted by Gasteiger charge is -2.10. The Morgan fingerprint density at radius 2 is 1.65 bits per heavy atom. The monoisotopic (exact) mass is 323 g/mol. The SMILES string of the molecule is Cc1cc(-c2ccccc2)c(C(=O)c2ccc(Cl)cc2)c(=O)[nH]1. The number of rotatable bonds is 3. The summed E-state index contributed by atoms with van der Waals surface area (Å²) in [5.41, 5.74) is 2.36. The highest BCUT2D eigenvalue weighted by molar-refractivity contribution is 6.30. The first-order valence-electron chi connectivity index (χ1n) is 7.16. The van der Waals surface area contributed by atoms with Crippen LogP contribution in [0.4, 0.5) is 0 Å². The molecule has 0 aliphatic rings. The van der Waals surface area contributed by atoms with Crippen molar-refractivity contribution in [2.24, 2.45) is 0 Å². The Morgan fingerprint density at radius 1 is 1.00 bits per heavy atom. The number of carbonyl (C=O) groups excluding carboxylic acids is 1. The lowest BCUT2D eigenvalue weighted by atomic mass is 9.95. The molecule has 114 valence electrons. The maximum atomic E-state index is 12.8. The van der Waals surface area contributed by atoms with Gasteiger partial charge in [0.2, 0.25) is 0 Å². The molecule has 0 radical (unpaired) electrons. The minimum atomic E-state index is -0.385. The maximum Gasteiger partial charge on any atom is 0.260 e. The van der Waals surface area contributed by atoms with Crippen molar-refractivity contribution in [3.8, 4) is 11.1 Å². The highest BCUT2D eigenvalue weighted by atomic mass is 35.5. The van der Waals surface area contributed by atoms with Gasteiger partial charge in [-0.1, -0.05) is 41.9 Å². The van der Waals surface area contributed by atoms with Crippen LogP contribution in [0, 0.1) is 6.92 Å². The quantitative estimate of drug-likeness (QED) is 0.733. The number of nitrogens with one attached hydrogen (secondary N) is 1. The minimum Gasteiger partial charge on any atom is -0.326 e. The van der Waals surface area contributed by atoms with E-state index >= 15 is 0 Å². The average Bonchev–Trinajstić information content (AvgIpc) is 2.55. The number of aryl methyl sites for hydroxylation is 1. The van der Waals surface area contributed by atoms with Crippen LogP contribution >= 0.6 is 11.6 Å². The number of aromatic nitrogens is 1. The van der Waals surface area contributed by atoms with E-state index in [2.05, 4.69) is 4.98 Å². The lowest BCUT2D eigenvalue weighted by Crippen LogP contribution is -2.20. The molecule has 0 bridgehead atoms. The molecule has 0 amide bonds. The Labute approximate surface area is 138 Å². The molecule has 1 N–H and O–H groups in total. The van der Waals surface area contributed by atoms with Gasteiger partial charge in [-0.25, -0.2) is 0 Å². The first kappa shape index (κ1) is 15.3. The van der Waals surface area contributed by atoms with Gasteiger partial charge in [0.15, 0.2) is 5.78 Å². The first-order chi connectivity index (χ1) is 11.1. The Hall–Kier alpha value is -2.65. The van der Waals surface area contributed by atoms with Crippen molar-refractivity contribution in [3.05, 3.63) is 92.9 Å². The molecular formula is C19H14ClNO2. The summed E-state index contributed by atoms with van der Waals surface area (Å²) in [5, 5.41) is 0.544. The molecule has 0 saturated carbocycles. The second kappa shape index (κ2) is 6.23. The normalized spacial score (nSPS) is 10.5. The van der Waals surface area contributed by atoms with E-state index in [1.165, 1.54) is 0 Å². The van der Waals surface area contributed by atoms with Crippen molar-refractivity contribution in [1.29, 1.82) is 0 Å². The second-order valence-electron chi connectivity index (χ2n) is 5.27. The Balaban J connectivity index is 2.21. The van der Waals surface area contributed by atoms with Gasteiger partial charge in [0, 0.05) is 21.8 Å². The van der Waals surface area contributed by atoms with Gasteiger partial charge in [0.1, 0.15) is 0 Å². The molecular weight excluding hydrogens is 310 g/mol. The highest BCUT2D eigenvalue weighted by Gasteiger charge is 2.19. The average molecular weight is 324 g/mol. The van der Waals surface area contributed by atoms with Crippen molar-refractivity contribution < 1.29 is 4.79 Å². The van der Waals surface area contributed by atoms with Crippen LogP contribution in [0.2, 0.25) is 5.02 Å². The van der Waals surface area contributed by atoms with Gasteiger partial charge in [-0.3, -0.25) is 9.59 Å². The van der Waals surface area contributed by atoms with Crippen LogP contribution in [-0.2, 0) is 0 Å². The molecule has 0 atom stereocenters. The summed E-state index contributed by atoms with van der Waals surface area (Å²) >= 11 is 5.86. The number of hydrogen-bond acceptors (Lipinski definition) is 2. The highest BCUT2D eigenvalue weighted by Crippen LogP contribution is 2.24. The summed E-state index contributed by atoms with van der Waals surface area (Å²) < 4.78 is 0. The fourth-order valence-corrected chi connectivity index (χ4v) is 2.63. The smallest absolute Gasteiger partial charge is 0.260 e. The van der Waals surface area contributed by atoms with Crippen molar-refractivity contribution in [2.45, 2.75) is 6.92 Å². The molecule has 3 aromatic rings. The molecule has 0 saturated heterocycles. The molecule has 0 unspecified atom stereocenters. The van der Waals surface area contributed by atoms with E-state index in [1.54, 1.807) is 31.2 Å². The van der Waals surface area contributed by atoms with Crippen molar-refractivity contribution in [1.82, 2.24) is 4.98 Å². The van der Waals surface area contributed by atoms with Gasteiger partial charge < -0.3 is 4.98 Å². The zero-order valence-corrected chi connectivity index (χ0v) is 13.2. The van der Waals surface area contributed by atoms with Gasteiger partial charge in [-0.15, -0.1) is 0 Å². The molecule has 4 heteroatoms. The van der Waals surface area contributed by atoms with E-state index < -0.39 is 0 Å². The largest absolute Gasteiger partial charge is 0.326 e. The molecule has 23 heavy (non-hydrogen) atoms. The van der Waals surface area contributed by atoms with Crippen LogP contribution in [0.3, 0.4) is 0 Å². The number of benzene rings is 2. The zero-order chi connectivity index (χ0) is 16.4. The van der Waals surface area contributed by atoms with Crippen molar-refractivity contribution in [3.63, 3.8) is 0 Å². The third-order valence-corrected chi connectivity index (χ3v) is 3.84. The van der Waals surface area contributed by atoms with Crippen LogP contribution in [0.15, 0.2) is 65.5 Å². The van der Waals surface area contributed by atoms with Crippen LogP contribution in [-0.4, -0.2) is 10.8 Å². The number of halogens is 1. The molecule has 0 spiro atoms. The van der Waals surface area contributed by atoms with E-state index in [9.17, 15) is 9.59 Å². The van der Waals surface area contributed by atoms with E-state index in [0.29, 0.717) is 21.8 Å². The van der Waals surface area contributed by atoms with Crippen molar-refractivity contribution >= 4 is 17.4 Å². The van der Waals surface area contributed by atoms with Crippen LogP contribution in [0.5, 0.6) is 0 Å². The van der Waals surface area contributed by atoms with E-state index in [0.717, 1.165) is 5.56 Å². The standard InChI is InChI=1S/C19H14ClNO2/c1-12-11-16(13-5-3-2-4-6-13)17(19(23)21-12)18(22)14-7-9-15(20)10-8-14/h2-11H,1H3,(H,21,23). The predicted octanol–water partition coefficient (Wildman–Crippen LogP) is 4.23. The summed E-state index contributed by atoms with van der Waals surface area (Å²) in [6, 6.07) is 17.8. The second-order valence-corrected chi connectivity index (χ2v) is 5.71. The Bertz CT molecular complexity index is 912. The number of H-pyrrole nitrogens is 1. The summed E-state index contributed by atoms with van der Waals surface area (Å²) in [4.78, 5) is 27.9. The number of carbonyl (C=O) groups is 1. The van der Waals surface area contributed by atoms with Gasteiger partial charge in [-0.05, 0) is 42.8 Å². The third-order valence-electron chi connectivity index (χ3n) is 3.59. The molecule has 0 fully saturated rings. The fraction of sp³-hybridized carbons (Fsp3) is 0.0526. The van der Waals surface area contributed by atoms with Crippen molar-refractivity contribution in [2.75, 3.05) is 0 Å². The van der Waals surface area contributed by atoms with E-state index in [1.807, 2.05) is 36.4 Å². The number of hydrogen-bond donors (Lipinski definition) is 1. The summed E-state index contributed by atoms with van der Waals surface area (Å²) in [6.07, 6.45) is 0. The van der Waals surface area contributed by atoms with E-state index in [-0.39, 0.29) is 16.9 Å². The summed E-state index contributed by atoms with van der Waals surface area (Å²) in [5.74, 6) is -0.318. The molecule has 2 aromatic carbocycles. The summed E-state index contributed by atoms with van der Waals surface area (Å²) in [7, 11) is 0. The predicted molar refractivity (Wildman–Crippen MR) is 92.1 cm³/mol. The molecule has 0 aliphatic carbocycles. The van der Waals surface area contributed by atoms with Crippen LogP contribution in [0.1, 0.15) is 21.6 Å². The number of aromatic amines is 1. The molecule has 0 aliphatic heterocycles. The maximum absolute atomic E-state index is 12.8. The van der Waals surface area contributed by atoms with Crippen LogP contribution < -0.4 is 5.56 Å². The first-order valence-corrected chi connectivity index (χ1v) is 7.53. The van der Waals surface area contributed by atoms with E-state index in [4.69, 9.17) is 11.6 Å². The minimum absolute atomic E-state index is 0.143. The molecule has 3 nitrogen and oxygen atoms in total. The van der Waals surface area contributed by atoms with Gasteiger partial charge in [-0.2, -0.15) is 0 Å². The number of pyridine rings is 1. The molecule has 3 rings (SSSR count). The lowest BCUT2D eigenvalue weighted by molar-refractivity contribution is 0.103. The molecule has 1 aromatic heterocycles. The fourth-order valence-electron chi connectivity index (χ4n) is 2.51. The third kappa shape index (κ3) is 3.10. The van der Waals surface area contributed by atoms with Gasteiger partial charge in [0.05, 0.1) is 5.56 Å². The van der Waals surface area contributed by atoms with Gasteiger partial charge in [0.25, 0.3) is 5.56 Å².